The van der Waals surface area contributed by atoms with E-state index in [1.165, 1.54) is 0 Å². The zero-order valence-corrected chi connectivity index (χ0v) is 17.5. The van der Waals surface area contributed by atoms with Crippen molar-refractivity contribution in [2.24, 2.45) is 4.99 Å². The highest BCUT2D eigenvalue weighted by molar-refractivity contribution is 7.89. The molecule has 1 saturated heterocycles. The summed E-state index contributed by atoms with van der Waals surface area (Å²) < 4.78 is 34.6. The van der Waals surface area contributed by atoms with Gasteiger partial charge in [-0.15, -0.1) is 0 Å². The van der Waals surface area contributed by atoms with Gasteiger partial charge in [0, 0.05) is 33.3 Å². The van der Waals surface area contributed by atoms with Gasteiger partial charge in [-0.05, 0) is 39.0 Å². The molecule has 0 spiro atoms. The number of guanidine groups is 1. The Balaban J connectivity index is 1.44. The van der Waals surface area contributed by atoms with E-state index in [4.69, 9.17) is 4.74 Å². The lowest BCUT2D eigenvalue weighted by molar-refractivity contribution is 0.0200. The highest BCUT2D eigenvalue weighted by atomic mass is 32.2. The first-order valence-electron chi connectivity index (χ1n) is 9.94. The summed E-state index contributed by atoms with van der Waals surface area (Å²) in [5, 5.41) is 10.8. The van der Waals surface area contributed by atoms with Gasteiger partial charge in [0.2, 0.25) is 10.0 Å². The zero-order valence-electron chi connectivity index (χ0n) is 16.6. The maximum Gasteiger partial charge on any atom is 0.213 e. The molecule has 28 heavy (non-hydrogen) atoms. The summed E-state index contributed by atoms with van der Waals surface area (Å²) in [5.41, 5.74) is 0. The minimum Gasteiger partial charge on any atom is -0.377 e. The number of nitrogens with one attached hydrogen (secondary N) is 3. The molecule has 2 atom stereocenters. The quantitative estimate of drug-likeness (QED) is 0.427. The second-order valence-electron chi connectivity index (χ2n) is 7.23. The summed E-state index contributed by atoms with van der Waals surface area (Å²) >= 11 is 0. The first-order chi connectivity index (χ1) is 13.5. The number of ether oxygens (including phenoxy) is 1. The lowest BCUT2D eigenvalue weighted by atomic mass is 10.1. The highest BCUT2D eigenvalue weighted by Gasteiger charge is 2.24. The van der Waals surface area contributed by atoms with E-state index in [0.29, 0.717) is 19.1 Å². The molecule has 0 bridgehead atoms. The third-order valence-electron chi connectivity index (χ3n) is 4.98. The van der Waals surface area contributed by atoms with Crippen molar-refractivity contribution in [1.29, 1.82) is 0 Å². The van der Waals surface area contributed by atoms with Crippen molar-refractivity contribution < 1.29 is 13.2 Å². The monoisotopic (exact) mass is 413 g/mol. The van der Waals surface area contributed by atoms with Crippen LogP contribution >= 0.6 is 0 Å². The number of hydrogen-bond donors (Lipinski definition) is 3. The molecule has 0 radical (unpaired) electrons. The fraction of sp³-hybridized carbons (Fsp3) is 0.824. The number of rotatable bonds is 7. The Bertz CT molecular complexity index is 772. The number of aromatic nitrogens is 3. The van der Waals surface area contributed by atoms with E-state index < -0.39 is 10.0 Å². The molecule has 2 unspecified atom stereocenters. The van der Waals surface area contributed by atoms with Crippen LogP contribution in [0, 0.1) is 6.92 Å². The second-order valence-corrected chi connectivity index (χ2v) is 9.16. The Kier molecular flexibility index (Phi) is 7.24. The summed E-state index contributed by atoms with van der Waals surface area (Å²) in [4.78, 5) is 8.70. The van der Waals surface area contributed by atoms with Crippen molar-refractivity contribution in [3.8, 4) is 0 Å². The predicted octanol–water partition coefficient (Wildman–Crippen LogP) is 0.0749. The average molecular weight is 414 g/mol. The summed E-state index contributed by atoms with van der Waals surface area (Å²) in [7, 11) is -1.70. The van der Waals surface area contributed by atoms with Crippen molar-refractivity contribution in [1.82, 2.24) is 30.1 Å². The standard InChI is InChI=1S/C17H31N7O3S/c1-13-21-16-15(7-5-9-24(16)23-13)22-17(18-2)19-8-11-28(25,26)20-12-14-6-3-4-10-27-14/h14-15,20H,3-12H2,1-2H3,(H2,18,19,22). The van der Waals surface area contributed by atoms with Gasteiger partial charge in [-0.1, -0.05) is 0 Å². The smallest absolute Gasteiger partial charge is 0.213 e. The number of aliphatic imine (C=N–C) groups is 1. The molecular formula is C17H31N7O3S. The lowest BCUT2D eigenvalue weighted by Gasteiger charge is -2.25. The Morgan fingerprint density at radius 2 is 2.18 bits per heavy atom. The van der Waals surface area contributed by atoms with Crippen LogP contribution in [0.5, 0.6) is 0 Å². The van der Waals surface area contributed by atoms with Gasteiger partial charge in [-0.25, -0.2) is 22.8 Å². The molecule has 0 aliphatic carbocycles. The first-order valence-corrected chi connectivity index (χ1v) is 11.6. The molecule has 3 heterocycles. The van der Waals surface area contributed by atoms with Gasteiger partial charge < -0.3 is 15.4 Å². The van der Waals surface area contributed by atoms with E-state index >= 15 is 0 Å². The summed E-state index contributed by atoms with van der Waals surface area (Å²) in [6.07, 6.45) is 4.97. The third-order valence-corrected chi connectivity index (χ3v) is 6.33. The molecule has 3 N–H and O–H groups in total. The van der Waals surface area contributed by atoms with Crippen molar-refractivity contribution in [2.45, 2.75) is 57.7 Å². The molecule has 1 fully saturated rings. The fourth-order valence-electron chi connectivity index (χ4n) is 3.53. The van der Waals surface area contributed by atoms with Crippen molar-refractivity contribution in [2.75, 3.05) is 32.5 Å². The molecule has 11 heteroatoms. The average Bonchev–Trinajstić information content (AvgIpc) is 3.07. The van der Waals surface area contributed by atoms with Crippen molar-refractivity contribution in [3.63, 3.8) is 0 Å². The van der Waals surface area contributed by atoms with Crippen molar-refractivity contribution >= 4 is 16.0 Å². The third kappa shape index (κ3) is 5.89. The lowest BCUT2D eigenvalue weighted by Crippen LogP contribution is -2.44. The minimum atomic E-state index is -3.36. The fourth-order valence-corrected chi connectivity index (χ4v) is 4.48. The Morgan fingerprint density at radius 3 is 2.93 bits per heavy atom. The largest absolute Gasteiger partial charge is 0.377 e. The van der Waals surface area contributed by atoms with Gasteiger partial charge in [0.1, 0.15) is 11.6 Å². The number of sulfonamides is 1. The number of nitrogens with zero attached hydrogens (tertiary/aromatic N) is 4. The second kappa shape index (κ2) is 9.66. The van der Waals surface area contributed by atoms with Crippen LogP contribution in [0.3, 0.4) is 0 Å². The summed E-state index contributed by atoms with van der Waals surface area (Å²) in [6.45, 7) is 4.07. The molecule has 1 aromatic rings. The maximum atomic E-state index is 12.2. The van der Waals surface area contributed by atoms with Crippen LogP contribution in [0.4, 0.5) is 0 Å². The predicted molar refractivity (Wildman–Crippen MR) is 107 cm³/mol. The van der Waals surface area contributed by atoms with Gasteiger partial charge in [-0.3, -0.25) is 4.99 Å². The van der Waals surface area contributed by atoms with E-state index in [1.54, 1.807) is 7.05 Å². The molecule has 1 aromatic heterocycles. The van der Waals surface area contributed by atoms with Gasteiger partial charge in [0.25, 0.3) is 0 Å². The minimum absolute atomic E-state index is 0.0133. The van der Waals surface area contributed by atoms with E-state index in [0.717, 1.165) is 50.3 Å². The van der Waals surface area contributed by atoms with E-state index in [2.05, 4.69) is 30.4 Å². The van der Waals surface area contributed by atoms with Crippen LogP contribution < -0.4 is 15.4 Å². The summed E-state index contributed by atoms with van der Waals surface area (Å²) in [6, 6.07) is 0.0133. The molecule has 2 aliphatic heterocycles. The Morgan fingerprint density at radius 1 is 1.32 bits per heavy atom. The normalized spacial score (nSPS) is 23.3. The van der Waals surface area contributed by atoms with Gasteiger partial charge in [0.05, 0.1) is 17.9 Å². The molecular weight excluding hydrogens is 382 g/mol. The van der Waals surface area contributed by atoms with Crippen LogP contribution in [0.25, 0.3) is 0 Å². The first kappa shape index (κ1) is 21.0. The molecule has 0 aromatic carbocycles. The van der Waals surface area contributed by atoms with Crippen LogP contribution in [0.2, 0.25) is 0 Å². The molecule has 2 aliphatic rings. The Labute approximate surface area is 166 Å². The van der Waals surface area contributed by atoms with Crippen LogP contribution in [-0.2, 0) is 21.3 Å². The molecule has 3 rings (SSSR count). The molecule has 158 valence electrons. The van der Waals surface area contributed by atoms with Gasteiger partial charge in [0.15, 0.2) is 5.96 Å². The van der Waals surface area contributed by atoms with Crippen LogP contribution in [0.1, 0.15) is 49.8 Å². The van der Waals surface area contributed by atoms with Crippen LogP contribution in [0.15, 0.2) is 4.99 Å². The SMILES string of the molecule is CN=C(NCCS(=O)(=O)NCC1CCCCO1)NC1CCCn2nc(C)nc21. The molecule has 0 saturated carbocycles. The maximum absolute atomic E-state index is 12.2. The zero-order chi connectivity index (χ0) is 20.0. The number of fused-ring (bicyclic) bond motifs is 1. The molecule has 10 nitrogen and oxygen atoms in total. The van der Waals surface area contributed by atoms with E-state index in [9.17, 15) is 8.42 Å². The summed E-state index contributed by atoms with van der Waals surface area (Å²) in [5.74, 6) is 2.18. The van der Waals surface area contributed by atoms with E-state index in [-0.39, 0.29) is 24.4 Å². The van der Waals surface area contributed by atoms with Crippen molar-refractivity contribution in [3.05, 3.63) is 11.6 Å². The van der Waals surface area contributed by atoms with Gasteiger partial charge in [-0.2, -0.15) is 5.10 Å². The number of aryl methyl sites for hydroxylation is 2. The van der Waals surface area contributed by atoms with Crippen LogP contribution in [-0.4, -0.2) is 67.7 Å². The Hall–Kier alpha value is -1.72. The highest BCUT2D eigenvalue weighted by Crippen LogP contribution is 2.22. The topological polar surface area (TPSA) is 123 Å². The van der Waals surface area contributed by atoms with E-state index in [1.807, 2.05) is 11.6 Å². The molecule has 0 amide bonds. The number of hydrogen-bond acceptors (Lipinski definition) is 6. The van der Waals surface area contributed by atoms with Gasteiger partial charge >= 0.3 is 0 Å².